The smallest absolute Gasteiger partial charge is 0.143 e. The van der Waals surface area contributed by atoms with E-state index in [-0.39, 0.29) is 0 Å². The Bertz CT molecular complexity index is 941. The second-order valence-corrected chi connectivity index (χ2v) is 5.60. The Kier molecular flexibility index (Phi) is 3.31. The number of rotatable bonds is 3. The molecule has 0 atom stereocenters. The molecule has 0 fully saturated rings. The fourth-order valence-electron chi connectivity index (χ4n) is 2.72. The molecule has 2 heterocycles. The highest BCUT2D eigenvalue weighted by atomic mass is 15.1. The number of aromatic nitrogens is 2. The molecule has 0 spiro atoms. The second-order valence-electron chi connectivity index (χ2n) is 5.60. The number of hydrogen-bond acceptors (Lipinski definition) is 2. The summed E-state index contributed by atoms with van der Waals surface area (Å²) in [5.41, 5.74) is 5.26. The highest BCUT2D eigenvalue weighted by molar-refractivity contribution is 5.79. The Morgan fingerprint density at radius 2 is 1.57 bits per heavy atom. The number of aryl methyl sites for hydroxylation is 1. The maximum Gasteiger partial charge on any atom is 0.143 e. The number of anilines is 2. The summed E-state index contributed by atoms with van der Waals surface area (Å²) in [4.78, 5) is 4.84. The Hall–Kier alpha value is -3.07. The summed E-state index contributed by atoms with van der Waals surface area (Å²) < 4.78 is 2.10. The van der Waals surface area contributed by atoms with Gasteiger partial charge in [-0.3, -0.25) is 4.40 Å². The molecule has 4 aromatic rings. The minimum absolute atomic E-state index is 0.947. The summed E-state index contributed by atoms with van der Waals surface area (Å²) in [5, 5.41) is 3.51. The van der Waals surface area contributed by atoms with E-state index in [4.69, 9.17) is 4.98 Å². The van der Waals surface area contributed by atoms with Gasteiger partial charge in [0.2, 0.25) is 0 Å². The number of imidazole rings is 1. The molecule has 4 rings (SSSR count). The Morgan fingerprint density at radius 3 is 2.30 bits per heavy atom. The molecule has 112 valence electrons. The lowest BCUT2D eigenvalue weighted by atomic mass is 10.1. The lowest BCUT2D eigenvalue weighted by molar-refractivity contribution is 1.17. The first-order valence-corrected chi connectivity index (χ1v) is 7.67. The van der Waals surface area contributed by atoms with Gasteiger partial charge in [0, 0.05) is 17.4 Å². The Labute approximate surface area is 135 Å². The summed E-state index contributed by atoms with van der Waals surface area (Å²) in [5.74, 6) is 0.984. The zero-order valence-corrected chi connectivity index (χ0v) is 12.9. The van der Waals surface area contributed by atoms with Crippen molar-refractivity contribution in [2.75, 3.05) is 5.32 Å². The average molecular weight is 299 g/mol. The van der Waals surface area contributed by atoms with Crippen LogP contribution in [0.1, 0.15) is 5.56 Å². The Balaban J connectivity index is 1.92. The molecular formula is C20H17N3. The monoisotopic (exact) mass is 299 g/mol. The van der Waals surface area contributed by atoms with Gasteiger partial charge in [-0.2, -0.15) is 0 Å². The molecule has 23 heavy (non-hydrogen) atoms. The highest BCUT2D eigenvalue weighted by Crippen LogP contribution is 2.31. The van der Waals surface area contributed by atoms with E-state index in [1.807, 2.05) is 36.4 Å². The molecule has 0 saturated heterocycles. The summed E-state index contributed by atoms with van der Waals surface area (Å²) >= 11 is 0. The van der Waals surface area contributed by atoms with Gasteiger partial charge in [-0.15, -0.1) is 0 Å². The van der Waals surface area contributed by atoms with E-state index in [0.717, 1.165) is 28.4 Å². The van der Waals surface area contributed by atoms with Crippen LogP contribution in [-0.4, -0.2) is 9.38 Å². The summed E-state index contributed by atoms with van der Waals surface area (Å²) in [7, 11) is 0. The van der Waals surface area contributed by atoms with Gasteiger partial charge < -0.3 is 5.32 Å². The van der Waals surface area contributed by atoms with Gasteiger partial charge in [-0.25, -0.2) is 4.98 Å². The lowest BCUT2D eigenvalue weighted by Gasteiger charge is -2.09. The van der Waals surface area contributed by atoms with Crippen molar-refractivity contribution in [1.29, 1.82) is 0 Å². The third-order valence-corrected chi connectivity index (χ3v) is 3.87. The molecule has 0 bridgehead atoms. The molecule has 0 saturated carbocycles. The second kappa shape index (κ2) is 5.61. The molecule has 0 radical (unpaired) electrons. The largest absolute Gasteiger partial charge is 0.339 e. The number of nitrogens with one attached hydrogen (secondary N) is 1. The van der Waals surface area contributed by atoms with Crippen LogP contribution in [0.4, 0.5) is 11.5 Å². The first-order chi connectivity index (χ1) is 11.3. The molecule has 0 amide bonds. The summed E-state index contributed by atoms with van der Waals surface area (Å²) in [6.45, 7) is 2.08. The van der Waals surface area contributed by atoms with Gasteiger partial charge in [-0.05, 0) is 36.8 Å². The van der Waals surface area contributed by atoms with Crippen LogP contribution in [0.2, 0.25) is 0 Å². The normalized spacial score (nSPS) is 10.8. The van der Waals surface area contributed by atoms with Gasteiger partial charge in [0.15, 0.2) is 0 Å². The van der Waals surface area contributed by atoms with Crippen LogP contribution in [0, 0.1) is 6.92 Å². The van der Waals surface area contributed by atoms with E-state index in [9.17, 15) is 0 Å². The topological polar surface area (TPSA) is 29.3 Å². The van der Waals surface area contributed by atoms with E-state index < -0.39 is 0 Å². The predicted octanol–water partition coefficient (Wildman–Crippen LogP) is 5.05. The first kappa shape index (κ1) is 13.6. The van der Waals surface area contributed by atoms with Crippen LogP contribution in [0.15, 0.2) is 79.0 Å². The SMILES string of the molecule is Cc1ccn2c(Nc3ccccc3)c(-c3ccccc3)nc2c1. The van der Waals surface area contributed by atoms with Gasteiger partial charge in [-0.1, -0.05) is 48.5 Å². The van der Waals surface area contributed by atoms with Gasteiger partial charge in [0.1, 0.15) is 17.2 Å². The van der Waals surface area contributed by atoms with Crippen LogP contribution in [0.25, 0.3) is 16.9 Å². The molecule has 0 unspecified atom stereocenters. The number of hydrogen-bond donors (Lipinski definition) is 1. The predicted molar refractivity (Wildman–Crippen MR) is 95.1 cm³/mol. The lowest BCUT2D eigenvalue weighted by Crippen LogP contribution is -1.96. The van der Waals surface area contributed by atoms with E-state index in [1.54, 1.807) is 0 Å². The van der Waals surface area contributed by atoms with Crippen LogP contribution < -0.4 is 5.32 Å². The van der Waals surface area contributed by atoms with E-state index >= 15 is 0 Å². The van der Waals surface area contributed by atoms with Crippen molar-refractivity contribution in [3.05, 3.63) is 84.6 Å². The molecule has 3 heteroatoms. The average Bonchev–Trinajstić information content (AvgIpc) is 2.94. The van der Waals surface area contributed by atoms with Crippen molar-refractivity contribution >= 4 is 17.2 Å². The van der Waals surface area contributed by atoms with Crippen LogP contribution in [0.3, 0.4) is 0 Å². The number of nitrogens with zero attached hydrogens (tertiary/aromatic N) is 2. The fraction of sp³-hybridized carbons (Fsp3) is 0.0500. The molecule has 0 aliphatic rings. The molecule has 0 aliphatic carbocycles. The Morgan fingerprint density at radius 1 is 0.870 bits per heavy atom. The van der Waals surface area contributed by atoms with Crippen LogP contribution >= 0.6 is 0 Å². The van der Waals surface area contributed by atoms with Gasteiger partial charge in [0.05, 0.1) is 0 Å². The van der Waals surface area contributed by atoms with Crippen molar-refractivity contribution in [2.24, 2.45) is 0 Å². The molecular weight excluding hydrogens is 282 g/mol. The maximum absolute atomic E-state index is 4.84. The summed E-state index contributed by atoms with van der Waals surface area (Å²) in [6, 6.07) is 24.7. The van der Waals surface area contributed by atoms with Crippen molar-refractivity contribution in [3.8, 4) is 11.3 Å². The highest BCUT2D eigenvalue weighted by Gasteiger charge is 2.14. The maximum atomic E-state index is 4.84. The van der Waals surface area contributed by atoms with E-state index in [0.29, 0.717) is 0 Å². The number of benzene rings is 2. The van der Waals surface area contributed by atoms with Gasteiger partial charge in [0.25, 0.3) is 0 Å². The molecule has 1 N–H and O–H groups in total. The van der Waals surface area contributed by atoms with E-state index in [2.05, 4.69) is 59.2 Å². The summed E-state index contributed by atoms with van der Waals surface area (Å²) in [6.07, 6.45) is 2.06. The molecule has 3 nitrogen and oxygen atoms in total. The standard InChI is InChI=1S/C20H17N3/c1-15-12-13-23-18(14-15)22-19(16-8-4-2-5-9-16)20(23)21-17-10-6-3-7-11-17/h2-14,21H,1H3. The first-order valence-electron chi connectivity index (χ1n) is 7.67. The molecule has 2 aromatic heterocycles. The zero-order chi connectivity index (χ0) is 15.6. The number of fused-ring (bicyclic) bond motifs is 1. The molecule has 0 aliphatic heterocycles. The number of pyridine rings is 1. The van der Waals surface area contributed by atoms with Crippen LogP contribution in [-0.2, 0) is 0 Å². The van der Waals surface area contributed by atoms with Gasteiger partial charge >= 0.3 is 0 Å². The minimum atomic E-state index is 0.947. The molecule has 2 aromatic carbocycles. The van der Waals surface area contributed by atoms with Crippen molar-refractivity contribution < 1.29 is 0 Å². The quantitative estimate of drug-likeness (QED) is 0.573. The van der Waals surface area contributed by atoms with Crippen molar-refractivity contribution in [2.45, 2.75) is 6.92 Å². The van der Waals surface area contributed by atoms with E-state index in [1.165, 1.54) is 5.56 Å². The van der Waals surface area contributed by atoms with Crippen molar-refractivity contribution in [3.63, 3.8) is 0 Å². The number of para-hydroxylation sites is 1. The zero-order valence-electron chi connectivity index (χ0n) is 12.9. The third kappa shape index (κ3) is 2.57. The third-order valence-electron chi connectivity index (χ3n) is 3.87. The fourth-order valence-corrected chi connectivity index (χ4v) is 2.72. The minimum Gasteiger partial charge on any atom is -0.339 e. The van der Waals surface area contributed by atoms with Crippen LogP contribution in [0.5, 0.6) is 0 Å². The van der Waals surface area contributed by atoms with Crippen molar-refractivity contribution in [1.82, 2.24) is 9.38 Å².